The minimum Gasteiger partial charge on any atom is -0.350 e. The van der Waals surface area contributed by atoms with Crippen molar-refractivity contribution in [3.05, 3.63) is 11.6 Å². The zero-order valence-corrected chi connectivity index (χ0v) is 6.76. The molecule has 0 aromatic carbocycles. The maximum absolute atomic E-state index is 10.8. The van der Waals surface area contributed by atoms with Gasteiger partial charge in [-0.2, -0.15) is 0 Å². The average Bonchev–Trinajstić information content (AvgIpc) is 2.48. The van der Waals surface area contributed by atoms with Gasteiger partial charge in [0, 0.05) is 6.92 Å². The van der Waals surface area contributed by atoms with Gasteiger partial charge in [0.1, 0.15) is 0 Å². The van der Waals surface area contributed by atoms with Gasteiger partial charge < -0.3 is 5.32 Å². The lowest BCUT2D eigenvalue weighted by Crippen LogP contribution is -2.34. The molecule has 1 amide bonds. The van der Waals surface area contributed by atoms with Crippen LogP contribution in [0.3, 0.4) is 0 Å². The third kappa shape index (κ3) is 1.06. The van der Waals surface area contributed by atoms with E-state index in [1.807, 2.05) is 0 Å². The van der Waals surface area contributed by atoms with Crippen LogP contribution in [0.15, 0.2) is 11.6 Å². The Morgan fingerprint density at radius 2 is 2.55 bits per heavy atom. The highest BCUT2D eigenvalue weighted by Gasteiger charge is 2.35. The highest BCUT2D eigenvalue weighted by Crippen LogP contribution is 2.39. The Morgan fingerprint density at radius 3 is 2.91 bits per heavy atom. The molecular weight excluding hydrogens is 138 g/mol. The first-order chi connectivity index (χ1) is 5.27. The van der Waals surface area contributed by atoms with Gasteiger partial charge in [-0.1, -0.05) is 11.6 Å². The molecule has 2 unspecified atom stereocenters. The molecule has 0 spiro atoms. The number of hydrogen-bond acceptors (Lipinski definition) is 1. The molecule has 1 saturated carbocycles. The van der Waals surface area contributed by atoms with Crippen LogP contribution in [-0.2, 0) is 4.79 Å². The van der Waals surface area contributed by atoms with E-state index >= 15 is 0 Å². The number of amides is 1. The topological polar surface area (TPSA) is 29.1 Å². The number of hydrogen-bond donors (Lipinski definition) is 1. The summed E-state index contributed by atoms with van der Waals surface area (Å²) in [5.41, 5.74) is 1.46. The standard InChI is InChI=1S/C9H13NO/c1-6(11)10-9-7-2-3-8(9)5-4-7/h2,8-9H,3-5H2,1H3,(H,10,11). The van der Waals surface area contributed by atoms with Crippen molar-refractivity contribution in [3.63, 3.8) is 0 Å². The quantitative estimate of drug-likeness (QED) is 0.561. The Morgan fingerprint density at radius 1 is 1.73 bits per heavy atom. The van der Waals surface area contributed by atoms with Crippen LogP contribution < -0.4 is 5.32 Å². The summed E-state index contributed by atoms with van der Waals surface area (Å²) in [5, 5.41) is 3.00. The summed E-state index contributed by atoms with van der Waals surface area (Å²) in [7, 11) is 0. The van der Waals surface area contributed by atoms with Crippen LogP contribution in [0.25, 0.3) is 0 Å². The Balaban J connectivity index is 2.06. The van der Waals surface area contributed by atoms with Crippen LogP contribution >= 0.6 is 0 Å². The molecule has 2 rings (SSSR count). The van der Waals surface area contributed by atoms with Gasteiger partial charge in [-0.25, -0.2) is 0 Å². The fraction of sp³-hybridized carbons (Fsp3) is 0.667. The molecule has 2 heteroatoms. The van der Waals surface area contributed by atoms with E-state index in [0.29, 0.717) is 12.0 Å². The third-order valence-corrected chi connectivity index (χ3v) is 2.72. The summed E-state index contributed by atoms with van der Waals surface area (Å²) in [5.74, 6) is 0.823. The summed E-state index contributed by atoms with van der Waals surface area (Å²) in [6.07, 6.45) is 5.95. The van der Waals surface area contributed by atoms with Crippen molar-refractivity contribution >= 4 is 5.91 Å². The molecule has 2 bridgehead atoms. The molecule has 0 aromatic heterocycles. The lowest BCUT2D eigenvalue weighted by Gasteiger charge is -2.14. The lowest BCUT2D eigenvalue weighted by molar-refractivity contribution is -0.119. The zero-order valence-electron chi connectivity index (χ0n) is 6.76. The van der Waals surface area contributed by atoms with Crippen LogP contribution in [0.4, 0.5) is 0 Å². The molecule has 1 fully saturated rings. The number of allylic oxidation sites excluding steroid dienone is 1. The van der Waals surface area contributed by atoms with Crippen molar-refractivity contribution in [2.75, 3.05) is 0 Å². The first-order valence-electron chi connectivity index (χ1n) is 4.23. The summed E-state index contributed by atoms with van der Waals surface area (Å²) >= 11 is 0. The van der Waals surface area contributed by atoms with Gasteiger partial charge in [0.25, 0.3) is 0 Å². The van der Waals surface area contributed by atoms with Crippen LogP contribution in [-0.4, -0.2) is 11.9 Å². The molecule has 2 aliphatic carbocycles. The molecule has 0 aliphatic heterocycles. The smallest absolute Gasteiger partial charge is 0.217 e. The minimum absolute atomic E-state index is 0.106. The summed E-state index contributed by atoms with van der Waals surface area (Å²) in [4.78, 5) is 10.8. The molecule has 0 radical (unpaired) electrons. The van der Waals surface area contributed by atoms with Gasteiger partial charge in [-0.15, -0.1) is 0 Å². The second-order valence-electron chi connectivity index (χ2n) is 3.49. The van der Waals surface area contributed by atoms with Gasteiger partial charge in [0.15, 0.2) is 0 Å². The predicted octanol–water partition coefficient (Wildman–Crippen LogP) is 1.23. The second kappa shape index (κ2) is 2.36. The van der Waals surface area contributed by atoms with Crippen LogP contribution in [0.5, 0.6) is 0 Å². The van der Waals surface area contributed by atoms with Gasteiger partial charge in [0.05, 0.1) is 6.04 Å². The largest absolute Gasteiger partial charge is 0.350 e. The Bertz CT molecular complexity index is 220. The van der Waals surface area contributed by atoms with E-state index < -0.39 is 0 Å². The van der Waals surface area contributed by atoms with E-state index in [2.05, 4.69) is 11.4 Å². The monoisotopic (exact) mass is 151 g/mol. The van der Waals surface area contributed by atoms with E-state index in [1.54, 1.807) is 6.92 Å². The molecule has 0 heterocycles. The molecule has 2 nitrogen and oxygen atoms in total. The van der Waals surface area contributed by atoms with Crippen molar-refractivity contribution in [1.82, 2.24) is 5.32 Å². The number of carbonyl (C=O) groups is 1. The average molecular weight is 151 g/mol. The van der Waals surface area contributed by atoms with Crippen molar-refractivity contribution in [2.24, 2.45) is 5.92 Å². The maximum Gasteiger partial charge on any atom is 0.217 e. The van der Waals surface area contributed by atoms with Gasteiger partial charge in [0.2, 0.25) is 5.91 Å². The number of rotatable bonds is 1. The molecule has 0 saturated heterocycles. The Hall–Kier alpha value is -0.790. The van der Waals surface area contributed by atoms with Crippen molar-refractivity contribution in [2.45, 2.75) is 32.2 Å². The fourth-order valence-corrected chi connectivity index (χ4v) is 2.19. The van der Waals surface area contributed by atoms with Crippen molar-refractivity contribution in [1.29, 1.82) is 0 Å². The van der Waals surface area contributed by atoms with Crippen molar-refractivity contribution in [3.8, 4) is 0 Å². The molecule has 60 valence electrons. The zero-order chi connectivity index (χ0) is 7.84. The molecule has 0 aromatic rings. The minimum atomic E-state index is 0.106. The van der Waals surface area contributed by atoms with E-state index in [9.17, 15) is 4.79 Å². The van der Waals surface area contributed by atoms with E-state index in [0.717, 1.165) is 0 Å². The normalized spacial score (nSPS) is 33.7. The van der Waals surface area contributed by atoms with E-state index in [1.165, 1.54) is 24.8 Å². The molecule has 1 N–H and O–H groups in total. The predicted molar refractivity (Wildman–Crippen MR) is 43.0 cm³/mol. The summed E-state index contributed by atoms with van der Waals surface area (Å²) in [6.45, 7) is 1.60. The first kappa shape index (κ1) is 6.89. The van der Waals surface area contributed by atoms with Crippen LogP contribution in [0, 0.1) is 5.92 Å². The SMILES string of the molecule is CC(=O)NC1C2=CCC1CC2. The highest BCUT2D eigenvalue weighted by atomic mass is 16.1. The van der Waals surface area contributed by atoms with Crippen LogP contribution in [0.2, 0.25) is 0 Å². The van der Waals surface area contributed by atoms with Gasteiger partial charge in [-0.3, -0.25) is 4.79 Å². The molecule has 2 atom stereocenters. The lowest BCUT2D eigenvalue weighted by atomic mass is 10.0. The Kier molecular flexibility index (Phi) is 1.48. The maximum atomic E-state index is 10.8. The summed E-state index contributed by atoms with van der Waals surface area (Å²) in [6, 6.07) is 0.396. The molecular formula is C9H13NO. The number of fused-ring (bicyclic) bond motifs is 2. The number of carbonyl (C=O) groups excluding carboxylic acids is 1. The second-order valence-corrected chi connectivity index (χ2v) is 3.49. The number of nitrogens with one attached hydrogen (secondary N) is 1. The van der Waals surface area contributed by atoms with Gasteiger partial charge in [-0.05, 0) is 25.2 Å². The third-order valence-electron chi connectivity index (χ3n) is 2.72. The molecule has 2 aliphatic rings. The van der Waals surface area contributed by atoms with Crippen molar-refractivity contribution < 1.29 is 4.79 Å². The van der Waals surface area contributed by atoms with Crippen LogP contribution in [0.1, 0.15) is 26.2 Å². The highest BCUT2D eigenvalue weighted by molar-refractivity contribution is 5.74. The first-order valence-corrected chi connectivity index (χ1v) is 4.23. The van der Waals surface area contributed by atoms with Gasteiger partial charge >= 0.3 is 0 Å². The summed E-state index contributed by atoms with van der Waals surface area (Å²) < 4.78 is 0. The molecule has 11 heavy (non-hydrogen) atoms. The fourth-order valence-electron chi connectivity index (χ4n) is 2.19. The van der Waals surface area contributed by atoms with E-state index in [4.69, 9.17) is 0 Å². The Labute approximate surface area is 66.7 Å². The van der Waals surface area contributed by atoms with E-state index in [-0.39, 0.29) is 5.91 Å².